The topological polar surface area (TPSA) is 62.9 Å². The van der Waals surface area contributed by atoms with Gasteiger partial charge in [0.1, 0.15) is 0 Å². The van der Waals surface area contributed by atoms with Crippen LogP contribution < -0.4 is 11.1 Å². The van der Waals surface area contributed by atoms with E-state index >= 15 is 0 Å². The van der Waals surface area contributed by atoms with Crippen molar-refractivity contribution in [3.63, 3.8) is 0 Å². The molecule has 0 atom stereocenters. The Balaban J connectivity index is 3.43. The van der Waals surface area contributed by atoms with E-state index < -0.39 is 0 Å². The van der Waals surface area contributed by atoms with Crippen molar-refractivity contribution >= 4 is 5.96 Å². The second kappa shape index (κ2) is 9.73. The Morgan fingerprint density at radius 1 is 1.47 bits per heavy atom. The van der Waals surface area contributed by atoms with E-state index in [1.807, 2.05) is 0 Å². The van der Waals surface area contributed by atoms with Crippen LogP contribution in [0.2, 0.25) is 0 Å². The van der Waals surface area contributed by atoms with Gasteiger partial charge < -0.3 is 20.7 Å². The third kappa shape index (κ3) is 9.49. The van der Waals surface area contributed by atoms with Gasteiger partial charge in [0, 0.05) is 33.3 Å². The van der Waals surface area contributed by atoms with E-state index in [1.165, 1.54) is 0 Å². The number of nitrogens with one attached hydrogen (secondary N) is 1. The molecule has 0 radical (unpaired) electrons. The van der Waals surface area contributed by atoms with Gasteiger partial charge in [0.15, 0.2) is 5.96 Å². The van der Waals surface area contributed by atoms with Crippen molar-refractivity contribution in [2.75, 3.05) is 46.9 Å². The Labute approximate surface area is 92.7 Å². The Bertz CT molecular complexity index is 173. The van der Waals surface area contributed by atoms with Gasteiger partial charge in [0.05, 0.1) is 6.61 Å². The molecule has 0 unspecified atom stereocenters. The zero-order chi connectivity index (χ0) is 11.5. The van der Waals surface area contributed by atoms with Crippen LogP contribution in [-0.4, -0.2) is 57.8 Å². The van der Waals surface area contributed by atoms with Gasteiger partial charge in [-0.25, -0.2) is 0 Å². The third-order valence-electron chi connectivity index (χ3n) is 1.98. The number of guanidine groups is 1. The molecule has 0 aromatic carbocycles. The van der Waals surface area contributed by atoms with Crippen molar-refractivity contribution in [1.82, 2.24) is 10.2 Å². The Morgan fingerprint density at radius 3 is 2.80 bits per heavy atom. The molecule has 0 heterocycles. The van der Waals surface area contributed by atoms with Gasteiger partial charge in [0.25, 0.3) is 0 Å². The molecule has 5 heteroatoms. The predicted octanol–water partition coefficient (Wildman–Crippen LogP) is -0.121. The minimum atomic E-state index is 0.539. The minimum absolute atomic E-state index is 0.539. The zero-order valence-corrected chi connectivity index (χ0v) is 10.1. The molecule has 0 aliphatic carbocycles. The highest BCUT2D eigenvalue weighted by molar-refractivity contribution is 5.77. The molecule has 0 rings (SSSR count). The average molecular weight is 216 g/mol. The van der Waals surface area contributed by atoms with Crippen LogP contribution in [0.1, 0.15) is 13.3 Å². The molecule has 0 aliphatic heterocycles. The summed E-state index contributed by atoms with van der Waals surface area (Å²) < 4.78 is 4.98. The second-order valence-corrected chi connectivity index (χ2v) is 3.49. The molecule has 0 saturated carbocycles. The summed E-state index contributed by atoms with van der Waals surface area (Å²) in [7, 11) is 3.77. The highest BCUT2D eigenvalue weighted by Gasteiger charge is 1.97. The number of likely N-dealkylation sites (N-methyl/N-ethyl adjacent to an activating group) is 1. The Hall–Kier alpha value is -0.810. The van der Waals surface area contributed by atoms with E-state index in [4.69, 9.17) is 10.5 Å². The van der Waals surface area contributed by atoms with Crippen molar-refractivity contribution in [3.8, 4) is 0 Å². The van der Waals surface area contributed by atoms with Crippen molar-refractivity contribution in [1.29, 1.82) is 0 Å². The van der Waals surface area contributed by atoms with Gasteiger partial charge in [-0.05, 0) is 13.5 Å². The fourth-order valence-corrected chi connectivity index (χ4v) is 1.02. The summed E-state index contributed by atoms with van der Waals surface area (Å²) in [6.07, 6.45) is 1.02. The van der Waals surface area contributed by atoms with Crippen molar-refractivity contribution in [3.05, 3.63) is 0 Å². The van der Waals surface area contributed by atoms with Gasteiger partial charge in [0.2, 0.25) is 0 Å². The van der Waals surface area contributed by atoms with E-state index in [-0.39, 0.29) is 0 Å². The highest BCUT2D eigenvalue weighted by atomic mass is 16.5. The molecule has 90 valence electrons. The fourth-order valence-electron chi connectivity index (χ4n) is 1.02. The van der Waals surface area contributed by atoms with Crippen LogP contribution in [0.4, 0.5) is 0 Å². The SMILES string of the molecule is CCCN=C(N)NCCN(C)CCOC. The van der Waals surface area contributed by atoms with Crippen molar-refractivity contribution in [2.24, 2.45) is 10.7 Å². The number of rotatable bonds is 8. The molecule has 0 bridgehead atoms. The number of hydrogen-bond donors (Lipinski definition) is 2. The van der Waals surface area contributed by atoms with Crippen LogP contribution in [0.3, 0.4) is 0 Å². The summed E-state index contributed by atoms with van der Waals surface area (Å²) in [5.74, 6) is 0.539. The lowest BCUT2D eigenvalue weighted by Gasteiger charge is -2.16. The van der Waals surface area contributed by atoms with E-state index in [1.54, 1.807) is 7.11 Å². The summed E-state index contributed by atoms with van der Waals surface area (Å²) >= 11 is 0. The normalized spacial score (nSPS) is 12.1. The summed E-state index contributed by atoms with van der Waals surface area (Å²) in [5.41, 5.74) is 5.64. The minimum Gasteiger partial charge on any atom is -0.383 e. The van der Waals surface area contributed by atoms with Crippen molar-refractivity contribution in [2.45, 2.75) is 13.3 Å². The van der Waals surface area contributed by atoms with Gasteiger partial charge in [-0.2, -0.15) is 0 Å². The molecule has 0 aliphatic rings. The number of nitrogens with two attached hydrogens (primary N) is 1. The lowest BCUT2D eigenvalue weighted by molar-refractivity contribution is 0.162. The number of hydrogen-bond acceptors (Lipinski definition) is 3. The monoisotopic (exact) mass is 216 g/mol. The van der Waals surface area contributed by atoms with Crippen molar-refractivity contribution < 1.29 is 4.74 Å². The first-order chi connectivity index (χ1) is 7.20. The van der Waals surface area contributed by atoms with E-state index in [0.29, 0.717) is 5.96 Å². The molecular formula is C10H24N4O. The van der Waals surface area contributed by atoms with Gasteiger partial charge in [-0.15, -0.1) is 0 Å². The quantitative estimate of drug-likeness (QED) is 0.438. The number of aliphatic imine (C=N–C) groups is 1. The zero-order valence-electron chi connectivity index (χ0n) is 10.1. The van der Waals surface area contributed by atoms with Crippen LogP contribution in [0.15, 0.2) is 4.99 Å². The summed E-state index contributed by atoms with van der Waals surface area (Å²) in [5, 5.41) is 3.07. The number of ether oxygens (including phenoxy) is 1. The number of methoxy groups -OCH3 is 1. The summed E-state index contributed by atoms with van der Waals surface area (Å²) in [4.78, 5) is 6.33. The molecule has 0 aromatic rings. The number of nitrogens with zero attached hydrogens (tertiary/aromatic N) is 2. The Kier molecular flexibility index (Phi) is 9.21. The molecule has 0 aromatic heterocycles. The van der Waals surface area contributed by atoms with Crippen LogP contribution in [0.5, 0.6) is 0 Å². The lowest BCUT2D eigenvalue weighted by atomic mass is 10.5. The third-order valence-corrected chi connectivity index (χ3v) is 1.98. The van der Waals surface area contributed by atoms with Crippen LogP contribution in [0, 0.1) is 0 Å². The van der Waals surface area contributed by atoms with Gasteiger partial charge in [-0.3, -0.25) is 4.99 Å². The molecule has 15 heavy (non-hydrogen) atoms. The van der Waals surface area contributed by atoms with E-state index in [2.05, 4.69) is 29.2 Å². The first-order valence-electron chi connectivity index (χ1n) is 5.42. The van der Waals surface area contributed by atoms with Crippen LogP contribution in [0.25, 0.3) is 0 Å². The maximum absolute atomic E-state index is 5.64. The summed E-state index contributed by atoms with van der Waals surface area (Å²) in [6.45, 7) is 6.32. The molecule has 5 nitrogen and oxygen atoms in total. The fraction of sp³-hybridized carbons (Fsp3) is 0.900. The van der Waals surface area contributed by atoms with Crippen LogP contribution in [-0.2, 0) is 4.74 Å². The summed E-state index contributed by atoms with van der Waals surface area (Å²) in [6, 6.07) is 0. The largest absolute Gasteiger partial charge is 0.383 e. The second-order valence-electron chi connectivity index (χ2n) is 3.49. The van der Waals surface area contributed by atoms with E-state index in [9.17, 15) is 0 Å². The predicted molar refractivity (Wildman–Crippen MR) is 64.2 cm³/mol. The Morgan fingerprint density at radius 2 is 2.20 bits per heavy atom. The molecule has 0 spiro atoms. The van der Waals surface area contributed by atoms with Gasteiger partial charge in [-0.1, -0.05) is 6.92 Å². The molecule has 3 N–H and O–H groups in total. The first-order valence-corrected chi connectivity index (χ1v) is 5.42. The molecule has 0 fully saturated rings. The smallest absolute Gasteiger partial charge is 0.188 e. The molecule has 0 amide bonds. The standard InChI is InChI=1S/C10H24N4O/c1-4-5-12-10(11)13-6-7-14(2)8-9-15-3/h4-9H2,1-3H3,(H3,11,12,13). The van der Waals surface area contributed by atoms with Gasteiger partial charge >= 0.3 is 0 Å². The maximum atomic E-state index is 5.64. The highest BCUT2D eigenvalue weighted by Crippen LogP contribution is 1.81. The van der Waals surface area contributed by atoms with E-state index in [0.717, 1.165) is 39.2 Å². The first kappa shape index (κ1) is 14.2. The van der Waals surface area contributed by atoms with Crippen LogP contribution >= 0.6 is 0 Å². The average Bonchev–Trinajstić information content (AvgIpc) is 2.23. The lowest BCUT2D eigenvalue weighted by Crippen LogP contribution is -2.38. The molecule has 0 saturated heterocycles. The maximum Gasteiger partial charge on any atom is 0.188 e. The molecular weight excluding hydrogens is 192 g/mol.